The van der Waals surface area contributed by atoms with Crippen molar-refractivity contribution in [2.45, 2.75) is 0 Å². The Bertz CT molecular complexity index is 604. The lowest BCUT2D eigenvalue weighted by molar-refractivity contribution is -0.391. The topological polar surface area (TPSA) is 113 Å². The van der Waals surface area contributed by atoms with Gasteiger partial charge in [0.25, 0.3) is 0 Å². The van der Waals surface area contributed by atoms with Crippen molar-refractivity contribution in [1.29, 1.82) is 0 Å². The summed E-state index contributed by atoms with van der Waals surface area (Å²) in [6.45, 7) is 0. The highest BCUT2D eigenvalue weighted by Gasteiger charge is 2.18. The predicted octanol–water partition coefficient (Wildman–Crippen LogP) is 0.575. The minimum absolute atomic E-state index is 0.121. The van der Waals surface area contributed by atoms with Gasteiger partial charge in [-0.25, -0.2) is 19.5 Å². The molecule has 0 bridgehead atoms. The molecule has 2 N–H and O–H groups in total. The van der Waals surface area contributed by atoms with Crippen molar-refractivity contribution < 1.29 is 4.92 Å². The van der Waals surface area contributed by atoms with Crippen molar-refractivity contribution in [3.63, 3.8) is 0 Å². The molecule has 2 rings (SSSR count). The summed E-state index contributed by atoms with van der Waals surface area (Å²) >= 11 is 0. The third-order valence-corrected chi connectivity index (χ3v) is 2.32. The summed E-state index contributed by atoms with van der Waals surface area (Å²) in [4.78, 5) is 21.8. The number of imidazole rings is 1. The average molecular weight is 246 g/mol. The molecule has 0 aliphatic rings. The van der Waals surface area contributed by atoms with Crippen LogP contribution in [-0.4, -0.2) is 24.4 Å². The van der Waals surface area contributed by atoms with E-state index in [4.69, 9.17) is 5.73 Å². The van der Waals surface area contributed by atoms with Crippen LogP contribution >= 0.6 is 0 Å². The van der Waals surface area contributed by atoms with Crippen molar-refractivity contribution in [3.8, 4) is 0 Å². The zero-order valence-corrected chi connectivity index (χ0v) is 9.52. The Morgan fingerprint density at radius 1 is 1.56 bits per heavy atom. The van der Waals surface area contributed by atoms with Gasteiger partial charge in [-0.3, -0.25) is 0 Å². The second kappa shape index (κ2) is 4.62. The average Bonchev–Trinajstić information content (AvgIpc) is 2.72. The lowest BCUT2D eigenvalue weighted by Crippen LogP contribution is -2.06. The Morgan fingerprint density at radius 3 is 2.89 bits per heavy atom. The first-order valence-corrected chi connectivity index (χ1v) is 4.99. The van der Waals surface area contributed by atoms with Crippen molar-refractivity contribution in [2.24, 2.45) is 12.8 Å². The minimum Gasteiger partial charge on any atom is -0.394 e. The fourth-order valence-corrected chi connectivity index (χ4v) is 1.45. The molecule has 8 heteroatoms. The quantitative estimate of drug-likeness (QED) is 0.625. The molecular formula is C10H10N6O2. The maximum atomic E-state index is 10.7. The molecule has 0 fully saturated rings. The first-order chi connectivity index (χ1) is 8.59. The van der Waals surface area contributed by atoms with E-state index in [9.17, 15) is 10.1 Å². The summed E-state index contributed by atoms with van der Waals surface area (Å²) in [6.07, 6.45) is 5.71. The molecule has 8 nitrogen and oxygen atoms in total. The molecule has 0 unspecified atom stereocenters. The molecule has 0 saturated carbocycles. The number of nitrogens with two attached hydrogens (primary N) is 1. The molecule has 0 amide bonds. The van der Waals surface area contributed by atoms with Gasteiger partial charge in [0.1, 0.15) is 18.2 Å². The van der Waals surface area contributed by atoms with Crippen molar-refractivity contribution in [2.75, 3.05) is 0 Å². The number of rotatable bonds is 3. The molecule has 2 aromatic rings. The van der Waals surface area contributed by atoms with Crippen LogP contribution in [-0.2, 0) is 7.05 Å². The fourth-order valence-electron chi connectivity index (χ4n) is 1.45. The summed E-state index contributed by atoms with van der Waals surface area (Å²) in [5, 5.41) is 10.7. The molecule has 92 valence electrons. The maximum absolute atomic E-state index is 10.7. The Labute approximate surface area is 102 Å². The van der Waals surface area contributed by atoms with E-state index >= 15 is 0 Å². The molecule has 0 aliphatic heterocycles. The van der Waals surface area contributed by atoms with Gasteiger partial charge in [0.2, 0.25) is 5.82 Å². The van der Waals surface area contributed by atoms with Gasteiger partial charge in [-0.1, -0.05) is 0 Å². The Balaban J connectivity index is 2.38. The van der Waals surface area contributed by atoms with Crippen LogP contribution in [0.4, 0.5) is 5.82 Å². The lowest BCUT2D eigenvalue weighted by atomic mass is 10.3. The number of nitrogens with zero attached hydrogens (tertiary/aromatic N) is 5. The van der Waals surface area contributed by atoms with Crippen LogP contribution in [0.2, 0.25) is 0 Å². The van der Waals surface area contributed by atoms with Gasteiger partial charge >= 0.3 is 5.82 Å². The van der Waals surface area contributed by atoms with Gasteiger partial charge in [-0.2, -0.15) is 0 Å². The summed E-state index contributed by atoms with van der Waals surface area (Å²) < 4.78 is 1.31. The molecule has 18 heavy (non-hydrogen) atoms. The smallest absolute Gasteiger partial charge is 0.342 e. The van der Waals surface area contributed by atoms with Crippen molar-refractivity contribution in [3.05, 3.63) is 46.4 Å². The second-order valence-corrected chi connectivity index (χ2v) is 3.49. The Kier molecular flexibility index (Phi) is 3.00. The predicted molar refractivity (Wildman–Crippen MR) is 64.0 cm³/mol. The third-order valence-electron chi connectivity index (χ3n) is 2.32. The standard InChI is InChI=1S/C10H10N6O2/c1-15-9(16(17)18)5-13-10(15)8(11)4-7-2-3-12-6-14-7/h2-6H,11H2,1H3. The second-order valence-electron chi connectivity index (χ2n) is 3.49. The molecular weight excluding hydrogens is 236 g/mol. The Hall–Kier alpha value is -2.77. The number of nitro groups is 1. The Morgan fingerprint density at radius 2 is 2.33 bits per heavy atom. The van der Waals surface area contributed by atoms with Crippen LogP contribution in [0.3, 0.4) is 0 Å². The van der Waals surface area contributed by atoms with Crippen LogP contribution in [0, 0.1) is 10.1 Å². The SMILES string of the molecule is Cn1c([N+](=O)[O-])cnc1C(N)=Cc1ccncn1. The summed E-state index contributed by atoms with van der Waals surface area (Å²) in [5.74, 6) is 0.198. The first kappa shape index (κ1) is 11.7. The van der Waals surface area contributed by atoms with Gasteiger partial charge < -0.3 is 15.8 Å². The maximum Gasteiger partial charge on any atom is 0.342 e. The van der Waals surface area contributed by atoms with Crippen LogP contribution in [0.25, 0.3) is 11.8 Å². The van der Waals surface area contributed by atoms with Crippen LogP contribution in [0.15, 0.2) is 24.8 Å². The monoisotopic (exact) mass is 246 g/mol. The molecule has 2 aromatic heterocycles. The van der Waals surface area contributed by atoms with E-state index in [-0.39, 0.29) is 5.82 Å². The zero-order valence-electron chi connectivity index (χ0n) is 9.52. The van der Waals surface area contributed by atoms with Gasteiger partial charge in [0.15, 0.2) is 0 Å². The van der Waals surface area contributed by atoms with Gasteiger partial charge in [-0.05, 0) is 17.1 Å². The molecule has 0 atom stereocenters. The molecule has 2 heterocycles. The van der Waals surface area contributed by atoms with Gasteiger partial charge in [0, 0.05) is 6.20 Å². The van der Waals surface area contributed by atoms with E-state index in [0.29, 0.717) is 17.2 Å². The number of hydrogen-bond acceptors (Lipinski definition) is 6. The fraction of sp³-hybridized carbons (Fsp3) is 0.100. The summed E-state index contributed by atoms with van der Waals surface area (Å²) in [5.41, 5.74) is 6.74. The molecule has 0 saturated heterocycles. The highest BCUT2D eigenvalue weighted by molar-refractivity contribution is 5.75. The normalized spacial score (nSPS) is 11.5. The lowest BCUT2D eigenvalue weighted by Gasteiger charge is -1.99. The number of hydrogen-bond donors (Lipinski definition) is 1. The van der Waals surface area contributed by atoms with Gasteiger partial charge in [-0.15, -0.1) is 0 Å². The third kappa shape index (κ3) is 2.17. The van der Waals surface area contributed by atoms with Crippen LogP contribution in [0.1, 0.15) is 11.5 Å². The molecule has 0 aromatic carbocycles. The van der Waals surface area contributed by atoms with E-state index in [0.717, 1.165) is 6.20 Å². The molecule has 0 aliphatic carbocycles. The summed E-state index contributed by atoms with van der Waals surface area (Å²) in [6, 6.07) is 1.67. The highest BCUT2D eigenvalue weighted by Crippen LogP contribution is 2.16. The van der Waals surface area contributed by atoms with E-state index < -0.39 is 4.92 Å². The van der Waals surface area contributed by atoms with Crippen LogP contribution in [0.5, 0.6) is 0 Å². The van der Waals surface area contributed by atoms with E-state index in [1.165, 1.54) is 17.9 Å². The van der Waals surface area contributed by atoms with Gasteiger partial charge in [0.05, 0.1) is 12.7 Å². The number of aromatic nitrogens is 4. The summed E-state index contributed by atoms with van der Waals surface area (Å²) in [7, 11) is 1.53. The first-order valence-electron chi connectivity index (χ1n) is 4.99. The zero-order chi connectivity index (χ0) is 13.1. The van der Waals surface area contributed by atoms with E-state index in [2.05, 4.69) is 15.0 Å². The molecule has 0 radical (unpaired) electrons. The van der Waals surface area contributed by atoms with E-state index in [1.54, 1.807) is 18.3 Å². The van der Waals surface area contributed by atoms with Crippen LogP contribution < -0.4 is 5.73 Å². The largest absolute Gasteiger partial charge is 0.394 e. The molecule has 0 spiro atoms. The van der Waals surface area contributed by atoms with Crippen molar-refractivity contribution in [1.82, 2.24) is 19.5 Å². The highest BCUT2D eigenvalue weighted by atomic mass is 16.6. The minimum atomic E-state index is -0.519. The van der Waals surface area contributed by atoms with E-state index in [1.807, 2.05) is 0 Å². The van der Waals surface area contributed by atoms with Crippen molar-refractivity contribution >= 4 is 17.6 Å².